The Morgan fingerprint density at radius 1 is 1.43 bits per heavy atom. The minimum absolute atomic E-state index is 0.337. The fourth-order valence-corrected chi connectivity index (χ4v) is 2.13. The summed E-state index contributed by atoms with van der Waals surface area (Å²) >= 11 is 0. The third-order valence-electron chi connectivity index (χ3n) is 2.96. The van der Waals surface area contributed by atoms with Crippen molar-refractivity contribution in [2.45, 2.75) is 51.9 Å². The van der Waals surface area contributed by atoms with Crippen molar-refractivity contribution in [2.24, 2.45) is 5.92 Å². The lowest BCUT2D eigenvalue weighted by Gasteiger charge is -2.09. The fourth-order valence-electron chi connectivity index (χ4n) is 2.13. The van der Waals surface area contributed by atoms with Crippen LogP contribution in [-0.2, 0) is 4.79 Å². The van der Waals surface area contributed by atoms with E-state index in [1.165, 1.54) is 12.8 Å². The summed E-state index contributed by atoms with van der Waals surface area (Å²) in [6.45, 7) is 2.13. The largest absolute Gasteiger partial charge is 0.478 e. The van der Waals surface area contributed by atoms with Gasteiger partial charge in [-0.15, -0.1) is 0 Å². The molecule has 0 aliphatic heterocycles. The molecule has 1 fully saturated rings. The minimum Gasteiger partial charge on any atom is -0.478 e. The maximum Gasteiger partial charge on any atom is 0.331 e. The third-order valence-corrected chi connectivity index (χ3v) is 2.96. The van der Waals surface area contributed by atoms with Gasteiger partial charge in [0, 0.05) is 5.57 Å². The van der Waals surface area contributed by atoms with Crippen LogP contribution in [0.15, 0.2) is 11.6 Å². The normalized spacial score (nSPS) is 18.8. The van der Waals surface area contributed by atoms with Gasteiger partial charge in [0.15, 0.2) is 0 Å². The Kier molecular flexibility index (Phi) is 4.71. The van der Waals surface area contributed by atoms with Gasteiger partial charge in [-0.25, -0.2) is 4.79 Å². The number of allylic oxidation sites excluding steroid dienone is 1. The number of rotatable bonds is 5. The van der Waals surface area contributed by atoms with E-state index in [4.69, 9.17) is 5.11 Å². The Morgan fingerprint density at radius 2 is 2.07 bits per heavy atom. The number of aliphatic carboxylic acids is 1. The minimum atomic E-state index is -0.701. The molecule has 2 heteroatoms. The lowest BCUT2D eigenvalue weighted by molar-refractivity contribution is -0.133. The van der Waals surface area contributed by atoms with E-state index >= 15 is 0 Å². The van der Waals surface area contributed by atoms with Gasteiger partial charge in [-0.3, -0.25) is 0 Å². The lowest BCUT2D eigenvalue weighted by atomic mass is 9.96. The SMILES string of the molecule is CCCC/C=C(/C(=O)O)C1CCCC1. The number of carbonyl (C=O) groups is 1. The molecule has 0 atom stereocenters. The predicted octanol–water partition coefficient (Wildman–Crippen LogP) is 3.38. The molecule has 80 valence electrons. The van der Waals surface area contributed by atoms with Gasteiger partial charge in [0.25, 0.3) is 0 Å². The van der Waals surface area contributed by atoms with Crippen LogP contribution in [0.2, 0.25) is 0 Å². The van der Waals surface area contributed by atoms with E-state index in [1.807, 2.05) is 6.08 Å². The van der Waals surface area contributed by atoms with Gasteiger partial charge in [0.1, 0.15) is 0 Å². The Balaban J connectivity index is 2.53. The second kappa shape index (κ2) is 5.84. The van der Waals surface area contributed by atoms with Crippen LogP contribution in [-0.4, -0.2) is 11.1 Å². The maximum absolute atomic E-state index is 11.0. The first-order chi connectivity index (χ1) is 6.75. The molecule has 1 saturated carbocycles. The summed E-state index contributed by atoms with van der Waals surface area (Å²) in [5.74, 6) is -0.364. The summed E-state index contributed by atoms with van der Waals surface area (Å²) in [5.41, 5.74) is 0.677. The Labute approximate surface area is 86.0 Å². The van der Waals surface area contributed by atoms with Crippen molar-refractivity contribution in [3.05, 3.63) is 11.6 Å². The first-order valence-electron chi connectivity index (χ1n) is 5.69. The van der Waals surface area contributed by atoms with Crippen molar-refractivity contribution in [3.63, 3.8) is 0 Å². The van der Waals surface area contributed by atoms with Gasteiger partial charge in [0.2, 0.25) is 0 Å². The average molecular weight is 196 g/mol. The zero-order valence-corrected chi connectivity index (χ0v) is 8.96. The number of carboxylic acid groups (broad SMARTS) is 1. The number of hydrogen-bond donors (Lipinski definition) is 1. The van der Waals surface area contributed by atoms with E-state index < -0.39 is 5.97 Å². The molecular formula is C12H20O2. The maximum atomic E-state index is 11.0. The Hall–Kier alpha value is -0.790. The van der Waals surface area contributed by atoms with Crippen molar-refractivity contribution < 1.29 is 9.90 Å². The molecule has 1 rings (SSSR count). The summed E-state index contributed by atoms with van der Waals surface area (Å²) in [6.07, 6.45) is 9.65. The van der Waals surface area contributed by atoms with Crippen molar-refractivity contribution in [1.29, 1.82) is 0 Å². The molecule has 1 N–H and O–H groups in total. The van der Waals surface area contributed by atoms with Gasteiger partial charge >= 0.3 is 5.97 Å². The molecule has 0 bridgehead atoms. The fraction of sp³-hybridized carbons (Fsp3) is 0.750. The van der Waals surface area contributed by atoms with Crippen molar-refractivity contribution in [1.82, 2.24) is 0 Å². The van der Waals surface area contributed by atoms with E-state index in [0.717, 1.165) is 32.1 Å². The Bertz CT molecular complexity index is 212. The first kappa shape index (κ1) is 11.3. The summed E-state index contributed by atoms with van der Waals surface area (Å²) in [6, 6.07) is 0. The second-order valence-electron chi connectivity index (χ2n) is 4.09. The molecule has 2 nitrogen and oxygen atoms in total. The standard InChI is InChI=1S/C12H20O2/c1-2-3-4-9-11(12(13)14)10-7-5-6-8-10/h9-10H,2-8H2,1H3,(H,13,14)/b11-9+. The van der Waals surface area contributed by atoms with E-state index in [9.17, 15) is 4.79 Å². The van der Waals surface area contributed by atoms with Crippen LogP contribution in [0.25, 0.3) is 0 Å². The predicted molar refractivity (Wildman–Crippen MR) is 57.2 cm³/mol. The molecular weight excluding hydrogens is 176 g/mol. The molecule has 0 heterocycles. The third kappa shape index (κ3) is 3.17. The molecule has 0 aromatic heterocycles. The van der Waals surface area contributed by atoms with Gasteiger partial charge in [-0.05, 0) is 25.2 Å². The summed E-state index contributed by atoms with van der Waals surface area (Å²) in [4.78, 5) is 11.0. The van der Waals surface area contributed by atoms with Crippen molar-refractivity contribution >= 4 is 5.97 Å². The second-order valence-corrected chi connectivity index (χ2v) is 4.09. The molecule has 0 unspecified atom stereocenters. The molecule has 1 aliphatic rings. The highest BCUT2D eigenvalue weighted by Crippen LogP contribution is 2.31. The van der Waals surface area contributed by atoms with E-state index in [-0.39, 0.29) is 0 Å². The molecule has 0 radical (unpaired) electrons. The highest BCUT2D eigenvalue weighted by Gasteiger charge is 2.23. The lowest BCUT2D eigenvalue weighted by Crippen LogP contribution is -2.09. The Morgan fingerprint density at radius 3 is 2.57 bits per heavy atom. The van der Waals surface area contributed by atoms with E-state index in [2.05, 4.69) is 6.92 Å². The van der Waals surface area contributed by atoms with E-state index in [1.54, 1.807) is 0 Å². The molecule has 1 aliphatic carbocycles. The van der Waals surface area contributed by atoms with Crippen molar-refractivity contribution in [3.8, 4) is 0 Å². The van der Waals surface area contributed by atoms with Gasteiger partial charge in [-0.1, -0.05) is 38.7 Å². The number of hydrogen-bond acceptors (Lipinski definition) is 1. The van der Waals surface area contributed by atoms with Crippen LogP contribution in [0.3, 0.4) is 0 Å². The number of carboxylic acids is 1. The highest BCUT2D eigenvalue weighted by atomic mass is 16.4. The van der Waals surface area contributed by atoms with Crippen LogP contribution in [0, 0.1) is 5.92 Å². The average Bonchev–Trinajstić information content (AvgIpc) is 2.64. The monoisotopic (exact) mass is 196 g/mol. The van der Waals surface area contributed by atoms with Gasteiger partial charge in [-0.2, -0.15) is 0 Å². The molecule has 0 amide bonds. The van der Waals surface area contributed by atoms with E-state index in [0.29, 0.717) is 11.5 Å². The summed E-state index contributed by atoms with van der Waals surface area (Å²) in [5, 5.41) is 9.06. The smallest absolute Gasteiger partial charge is 0.331 e. The molecule has 0 aromatic rings. The summed E-state index contributed by atoms with van der Waals surface area (Å²) < 4.78 is 0. The van der Waals surface area contributed by atoms with Crippen LogP contribution >= 0.6 is 0 Å². The van der Waals surface area contributed by atoms with Gasteiger partial charge < -0.3 is 5.11 Å². The quantitative estimate of drug-likeness (QED) is 0.540. The zero-order valence-electron chi connectivity index (χ0n) is 8.96. The molecule has 14 heavy (non-hydrogen) atoms. The topological polar surface area (TPSA) is 37.3 Å². The molecule has 0 saturated heterocycles. The van der Waals surface area contributed by atoms with Crippen LogP contribution < -0.4 is 0 Å². The molecule has 0 spiro atoms. The zero-order chi connectivity index (χ0) is 10.4. The van der Waals surface area contributed by atoms with Gasteiger partial charge in [0.05, 0.1) is 0 Å². The highest BCUT2D eigenvalue weighted by molar-refractivity contribution is 5.87. The van der Waals surface area contributed by atoms with Crippen LogP contribution in [0.5, 0.6) is 0 Å². The van der Waals surface area contributed by atoms with Crippen molar-refractivity contribution in [2.75, 3.05) is 0 Å². The van der Waals surface area contributed by atoms with Crippen LogP contribution in [0.4, 0.5) is 0 Å². The molecule has 0 aromatic carbocycles. The summed E-state index contributed by atoms with van der Waals surface area (Å²) in [7, 11) is 0. The number of unbranched alkanes of at least 4 members (excludes halogenated alkanes) is 2. The van der Waals surface area contributed by atoms with Crippen LogP contribution in [0.1, 0.15) is 51.9 Å². The first-order valence-corrected chi connectivity index (χ1v) is 5.69.